The Morgan fingerprint density at radius 3 is 2.37 bits per heavy atom. The first-order valence-electron chi connectivity index (χ1n) is 10.0. The quantitative estimate of drug-likeness (QED) is 0.655. The maximum atomic E-state index is 12.8. The lowest BCUT2D eigenvalue weighted by Gasteiger charge is -2.30. The number of carbonyl (C=O) groups is 2. The van der Waals surface area contributed by atoms with E-state index in [-0.39, 0.29) is 22.5 Å². The van der Waals surface area contributed by atoms with E-state index < -0.39 is 10.0 Å². The van der Waals surface area contributed by atoms with Crippen LogP contribution < -0.4 is 5.32 Å². The van der Waals surface area contributed by atoms with Crippen molar-refractivity contribution in [2.75, 3.05) is 13.1 Å². The van der Waals surface area contributed by atoms with Gasteiger partial charge in [0.05, 0.1) is 22.1 Å². The van der Waals surface area contributed by atoms with Crippen molar-refractivity contribution in [3.05, 3.63) is 45.9 Å². The van der Waals surface area contributed by atoms with Crippen LogP contribution in [0.2, 0.25) is 0 Å². The molecule has 1 saturated heterocycles. The fourth-order valence-corrected chi connectivity index (χ4v) is 5.66. The molecule has 0 saturated carbocycles. The molecule has 0 aliphatic carbocycles. The zero-order chi connectivity index (χ0) is 21.9. The summed E-state index contributed by atoms with van der Waals surface area (Å²) in [5, 5.41) is 5.94. The first-order valence-corrected chi connectivity index (χ1v) is 12.3. The number of rotatable bonds is 7. The molecule has 1 aliphatic heterocycles. The molecule has 0 unspecified atom stereocenters. The van der Waals surface area contributed by atoms with Crippen molar-refractivity contribution in [2.45, 2.75) is 51.0 Å². The summed E-state index contributed by atoms with van der Waals surface area (Å²) in [6, 6.07) is 5.98. The monoisotopic (exact) mass is 449 g/mol. The molecule has 1 fully saturated rings. The fraction of sp³-hybridized carbons (Fsp3) is 0.476. The molecule has 30 heavy (non-hydrogen) atoms. The number of hydrogen-bond acceptors (Lipinski definition) is 6. The average Bonchev–Trinajstić information content (AvgIpc) is 3.21. The molecule has 2 aromatic rings. The Kier molecular flexibility index (Phi) is 7.05. The van der Waals surface area contributed by atoms with Crippen LogP contribution in [0.1, 0.15) is 60.6 Å². The summed E-state index contributed by atoms with van der Waals surface area (Å²) < 4.78 is 27.1. The molecule has 1 aromatic carbocycles. The predicted octanol–water partition coefficient (Wildman–Crippen LogP) is 3.19. The molecule has 162 valence electrons. The Morgan fingerprint density at radius 1 is 1.20 bits per heavy atom. The lowest BCUT2D eigenvalue weighted by atomic mass is 9.97. The van der Waals surface area contributed by atoms with Crippen molar-refractivity contribution in [1.82, 2.24) is 14.6 Å². The normalized spacial score (nSPS) is 16.0. The maximum Gasteiger partial charge on any atom is 0.243 e. The minimum atomic E-state index is -3.63. The summed E-state index contributed by atoms with van der Waals surface area (Å²) in [6.07, 6.45) is 0.954. The van der Waals surface area contributed by atoms with Gasteiger partial charge in [0.15, 0.2) is 5.78 Å². The molecule has 1 aliphatic rings. The minimum Gasteiger partial charge on any atom is -0.350 e. The van der Waals surface area contributed by atoms with Crippen molar-refractivity contribution >= 4 is 33.1 Å². The van der Waals surface area contributed by atoms with Gasteiger partial charge in [-0.1, -0.05) is 26.0 Å². The first kappa shape index (κ1) is 22.6. The van der Waals surface area contributed by atoms with Gasteiger partial charge in [-0.05, 0) is 31.9 Å². The molecule has 2 heterocycles. The van der Waals surface area contributed by atoms with Crippen LogP contribution in [-0.4, -0.2) is 42.5 Å². The van der Waals surface area contributed by atoms with Gasteiger partial charge < -0.3 is 5.32 Å². The van der Waals surface area contributed by atoms with Gasteiger partial charge in [-0.2, -0.15) is 4.31 Å². The molecule has 7 nitrogen and oxygen atoms in total. The number of sulfonamides is 1. The Morgan fingerprint density at radius 2 is 1.83 bits per heavy atom. The van der Waals surface area contributed by atoms with E-state index in [0.717, 1.165) is 10.7 Å². The second-order valence-electron chi connectivity index (χ2n) is 7.81. The lowest BCUT2D eigenvalue weighted by Crippen LogP contribution is -2.42. The number of benzene rings is 1. The maximum absolute atomic E-state index is 12.8. The number of ketones is 1. The number of thiazole rings is 1. The molecule has 0 radical (unpaired) electrons. The van der Waals surface area contributed by atoms with Gasteiger partial charge in [0.2, 0.25) is 15.9 Å². The van der Waals surface area contributed by atoms with E-state index in [4.69, 9.17) is 0 Å². The number of hydrogen-bond donors (Lipinski definition) is 1. The van der Waals surface area contributed by atoms with Crippen LogP contribution in [0, 0.1) is 5.92 Å². The fourth-order valence-electron chi connectivity index (χ4n) is 3.36. The van der Waals surface area contributed by atoms with E-state index in [1.165, 1.54) is 35.5 Å². The Bertz CT molecular complexity index is 1010. The first-order chi connectivity index (χ1) is 14.2. The van der Waals surface area contributed by atoms with Crippen molar-refractivity contribution in [3.63, 3.8) is 0 Å². The van der Waals surface area contributed by atoms with E-state index in [1.807, 2.05) is 5.38 Å². The van der Waals surface area contributed by atoms with Crippen LogP contribution in [0.15, 0.2) is 34.5 Å². The van der Waals surface area contributed by atoms with Gasteiger partial charge in [-0.25, -0.2) is 13.4 Å². The number of nitrogens with one attached hydrogen (secondary N) is 1. The molecule has 0 bridgehead atoms. The van der Waals surface area contributed by atoms with E-state index >= 15 is 0 Å². The molecule has 1 amide bonds. The van der Waals surface area contributed by atoms with Gasteiger partial charge in [0.25, 0.3) is 0 Å². The van der Waals surface area contributed by atoms with Gasteiger partial charge in [0.1, 0.15) is 0 Å². The molecule has 3 rings (SSSR count). The van der Waals surface area contributed by atoms with Crippen molar-refractivity contribution in [1.29, 1.82) is 0 Å². The molecule has 0 atom stereocenters. The van der Waals surface area contributed by atoms with Crippen molar-refractivity contribution < 1.29 is 18.0 Å². The van der Waals surface area contributed by atoms with Gasteiger partial charge in [-0.15, -0.1) is 11.3 Å². The third-order valence-corrected chi connectivity index (χ3v) is 8.34. The van der Waals surface area contributed by atoms with Crippen molar-refractivity contribution in [3.8, 4) is 0 Å². The summed E-state index contributed by atoms with van der Waals surface area (Å²) in [7, 11) is -3.63. The van der Waals surface area contributed by atoms with Crippen LogP contribution in [0.4, 0.5) is 0 Å². The number of piperidine rings is 1. The minimum absolute atomic E-state index is 0.0584. The highest BCUT2D eigenvalue weighted by Crippen LogP contribution is 2.25. The van der Waals surface area contributed by atoms with Crippen LogP contribution in [-0.2, 0) is 21.4 Å². The highest BCUT2D eigenvalue weighted by atomic mass is 32.2. The van der Waals surface area contributed by atoms with Gasteiger partial charge >= 0.3 is 0 Å². The van der Waals surface area contributed by atoms with Gasteiger partial charge in [-0.3, -0.25) is 9.59 Å². The highest BCUT2D eigenvalue weighted by Gasteiger charge is 2.32. The summed E-state index contributed by atoms with van der Waals surface area (Å²) >= 11 is 1.59. The lowest BCUT2D eigenvalue weighted by molar-refractivity contribution is -0.126. The zero-order valence-electron chi connectivity index (χ0n) is 17.4. The van der Waals surface area contributed by atoms with Crippen LogP contribution in [0.3, 0.4) is 0 Å². The van der Waals surface area contributed by atoms with Crippen LogP contribution in [0.5, 0.6) is 0 Å². The van der Waals surface area contributed by atoms with E-state index in [0.29, 0.717) is 44.0 Å². The van der Waals surface area contributed by atoms with E-state index in [2.05, 4.69) is 24.1 Å². The number of aromatic nitrogens is 1. The molecule has 1 N–H and O–H groups in total. The number of carbonyl (C=O) groups excluding carboxylic acids is 2. The number of Topliss-reactive ketones (excluding diaryl/α,β-unsaturated/α-hetero) is 1. The van der Waals surface area contributed by atoms with Crippen LogP contribution >= 0.6 is 11.3 Å². The third-order valence-electron chi connectivity index (χ3n) is 5.23. The summed E-state index contributed by atoms with van der Waals surface area (Å²) in [6.45, 7) is 6.59. The number of amides is 1. The second kappa shape index (κ2) is 9.36. The molecular formula is C21H27N3O4S2. The predicted molar refractivity (Wildman–Crippen MR) is 116 cm³/mol. The van der Waals surface area contributed by atoms with Gasteiger partial charge in [0, 0.05) is 35.9 Å². The van der Waals surface area contributed by atoms with E-state index in [9.17, 15) is 18.0 Å². The molecule has 1 aromatic heterocycles. The second-order valence-corrected chi connectivity index (χ2v) is 10.6. The standard InChI is InChI=1S/C21H27N3O4S2/c1-14(2)21-23-18(13-29-21)12-22-20(26)17-8-10-24(11-9-17)30(27,28)19-6-4-16(5-7-19)15(3)25/h4-7,13-14,17H,8-12H2,1-3H3,(H,22,26). The topological polar surface area (TPSA) is 96.4 Å². The number of nitrogens with zero attached hydrogens (tertiary/aromatic N) is 2. The third kappa shape index (κ3) is 5.14. The van der Waals surface area contributed by atoms with Crippen molar-refractivity contribution in [2.24, 2.45) is 5.92 Å². The summed E-state index contributed by atoms with van der Waals surface area (Å²) in [5.41, 5.74) is 1.33. The average molecular weight is 450 g/mol. The molecule has 9 heteroatoms. The van der Waals surface area contributed by atoms with E-state index in [1.54, 1.807) is 11.3 Å². The Balaban J connectivity index is 1.54. The Hall–Kier alpha value is -2.10. The summed E-state index contributed by atoms with van der Waals surface area (Å²) in [4.78, 5) is 28.6. The SMILES string of the molecule is CC(=O)c1ccc(S(=O)(=O)N2CCC(C(=O)NCc3csc(C(C)C)n3)CC2)cc1. The zero-order valence-corrected chi connectivity index (χ0v) is 19.1. The largest absolute Gasteiger partial charge is 0.350 e. The highest BCUT2D eigenvalue weighted by molar-refractivity contribution is 7.89. The summed E-state index contributed by atoms with van der Waals surface area (Å²) in [5.74, 6) is -0.00931. The Labute approximate surface area is 181 Å². The molecule has 0 spiro atoms. The smallest absolute Gasteiger partial charge is 0.243 e. The van der Waals surface area contributed by atoms with Crippen LogP contribution in [0.25, 0.3) is 0 Å². The molecular weight excluding hydrogens is 422 g/mol.